The average molecular weight is 369 g/mol. The molecular formula is C22H27NO4. The fourth-order valence-electron chi connectivity index (χ4n) is 3.11. The zero-order valence-corrected chi connectivity index (χ0v) is 16.0. The van der Waals surface area contributed by atoms with Crippen LogP contribution < -0.4 is 14.8 Å². The minimum atomic E-state index is -0.106. The van der Waals surface area contributed by atoms with Gasteiger partial charge in [-0.25, -0.2) is 0 Å². The molecule has 0 bridgehead atoms. The monoisotopic (exact) mass is 369 g/mol. The van der Waals surface area contributed by atoms with Crippen molar-refractivity contribution in [1.82, 2.24) is 5.32 Å². The molecule has 0 aromatic heterocycles. The number of carbonyl (C=O) groups excluding carboxylic acids is 1. The Morgan fingerprint density at radius 1 is 1.22 bits per heavy atom. The van der Waals surface area contributed by atoms with E-state index in [1.165, 1.54) is 0 Å². The van der Waals surface area contributed by atoms with Crippen molar-refractivity contribution in [3.05, 3.63) is 59.2 Å². The Morgan fingerprint density at radius 2 is 2.11 bits per heavy atom. The summed E-state index contributed by atoms with van der Waals surface area (Å²) in [6.45, 7) is 6.18. The molecule has 1 atom stereocenters. The number of aryl methyl sites for hydroxylation is 1. The highest BCUT2D eigenvalue weighted by Crippen LogP contribution is 2.23. The van der Waals surface area contributed by atoms with Crippen molar-refractivity contribution in [3.8, 4) is 11.5 Å². The molecule has 144 valence electrons. The zero-order chi connectivity index (χ0) is 19.1. The van der Waals surface area contributed by atoms with Gasteiger partial charge in [-0.3, -0.25) is 4.79 Å². The molecule has 1 fully saturated rings. The normalized spacial score (nSPS) is 16.1. The lowest BCUT2D eigenvalue weighted by molar-refractivity contribution is 0.0857. The van der Waals surface area contributed by atoms with Crippen LogP contribution in [-0.4, -0.2) is 31.8 Å². The van der Waals surface area contributed by atoms with Crippen LogP contribution in [0.15, 0.2) is 42.5 Å². The molecule has 0 unspecified atom stereocenters. The lowest BCUT2D eigenvalue weighted by Gasteiger charge is -2.14. The summed E-state index contributed by atoms with van der Waals surface area (Å²) in [6.07, 6.45) is 2.18. The van der Waals surface area contributed by atoms with E-state index in [9.17, 15) is 4.79 Å². The fraction of sp³-hybridized carbons (Fsp3) is 0.409. The Labute approximate surface area is 160 Å². The lowest BCUT2D eigenvalue weighted by atomic mass is 10.1. The minimum absolute atomic E-state index is 0.106. The molecule has 1 N–H and O–H groups in total. The summed E-state index contributed by atoms with van der Waals surface area (Å²) < 4.78 is 17.2. The van der Waals surface area contributed by atoms with E-state index in [4.69, 9.17) is 14.2 Å². The quantitative estimate of drug-likeness (QED) is 0.767. The molecule has 2 aromatic rings. The first kappa shape index (κ1) is 19.2. The van der Waals surface area contributed by atoms with Crippen molar-refractivity contribution in [2.75, 3.05) is 19.8 Å². The van der Waals surface area contributed by atoms with Gasteiger partial charge in [-0.05, 0) is 62.6 Å². The average Bonchev–Trinajstić information content (AvgIpc) is 3.19. The molecule has 3 rings (SSSR count). The molecule has 5 nitrogen and oxygen atoms in total. The SMILES string of the molecule is CCOc1ccc(C(=O)NC[C@H]2CCCO2)cc1COc1cccc(C)c1. The molecular weight excluding hydrogens is 342 g/mol. The summed E-state index contributed by atoms with van der Waals surface area (Å²) in [5, 5.41) is 2.96. The molecule has 1 saturated heterocycles. The molecule has 27 heavy (non-hydrogen) atoms. The van der Waals surface area contributed by atoms with E-state index in [1.807, 2.05) is 50.2 Å². The maximum Gasteiger partial charge on any atom is 0.251 e. The van der Waals surface area contributed by atoms with Gasteiger partial charge in [0.1, 0.15) is 18.1 Å². The zero-order valence-electron chi connectivity index (χ0n) is 16.0. The van der Waals surface area contributed by atoms with Crippen LogP contribution in [-0.2, 0) is 11.3 Å². The first-order valence-corrected chi connectivity index (χ1v) is 9.50. The van der Waals surface area contributed by atoms with Crippen LogP contribution >= 0.6 is 0 Å². The summed E-state index contributed by atoms with van der Waals surface area (Å²) in [5.74, 6) is 1.43. The second-order valence-corrected chi connectivity index (χ2v) is 6.71. The molecule has 0 saturated carbocycles. The highest BCUT2D eigenvalue weighted by Gasteiger charge is 2.17. The number of hydrogen-bond acceptors (Lipinski definition) is 4. The van der Waals surface area contributed by atoms with Crippen LogP contribution in [0.5, 0.6) is 11.5 Å². The molecule has 2 aromatic carbocycles. The van der Waals surface area contributed by atoms with Gasteiger partial charge in [0, 0.05) is 24.3 Å². The molecule has 1 amide bonds. The van der Waals surface area contributed by atoms with E-state index in [2.05, 4.69) is 5.32 Å². The van der Waals surface area contributed by atoms with Crippen LogP contribution in [0.4, 0.5) is 0 Å². The predicted octanol–water partition coefficient (Wildman–Crippen LogP) is 3.88. The van der Waals surface area contributed by atoms with Crippen molar-refractivity contribution < 1.29 is 19.0 Å². The maximum atomic E-state index is 12.5. The van der Waals surface area contributed by atoms with Crippen LogP contribution in [0.25, 0.3) is 0 Å². The molecule has 0 spiro atoms. The predicted molar refractivity (Wildman–Crippen MR) is 104 cm³/mol. The third-order valence-corrected chi connectivity index (χ3v) is 4.52. The van der Waals surface area contributed by atoms with E-state index >= 15 is 0 Å². The molecule has 1 aliphatic rings. The summed E-state index contributed by atoms with van der Waals surface area (Å²) in [4.78, 5) is 12.5. The number of benzene rings is 2. The highest BCUT2D eigenvalue weighted by molar-refractivity contribution is 5.94. The van der Waals surface area contributed by atoms with Crippen molar-refractivity contribution >= 4 is 5.91 Å². The van der Waals surface area contributed by atoms with Gasteiger partial charge in [-0.1, -0.05) is 12.1 Å². The first-order chi connectivity index (χ1) is 13.2. The third-order valence-electron chi connectivity index (χ3n) is 4.52. The Bertz CT molecular complexity index is 769. The second kappa shape index (κ2) is 9.42. The molecule has 0 aliphatic carbocycles. The Morgan fingerprint density at radius 3 is 2.85 bits per heavy atom. The standard InChI is InChI=1S/C22H27NO4/c1-3-25-21-10-9-17(22(24)23-14-20-8-5-11-26-20)13-18(21)15-27-19-7-4-6-16(2)12-19/h4,6-7,9-10,12-13,20H,3,5,8,11,14-15H2,1-2H3,(H,23,24)/t20-/m1/s1. The maximum absolute atomic E-state index is 12.5. The number of rotatable bonds is 8. The molecule has 1 heterocycles. The number of nitrogens with one attached hydrogen (secondary N) is 1. The Kier molecular flexibility index (Phi) is 6.71. The smallest absolute Gasteiger partial charge is 0.251 e. The van der Waals surface area contributed by atoms with Gasteiger partial charge in [-0.15, -0.1) is 0 Å². The van der Waals surface area contributed by atoms with Gasteiger partial charge in [0.25, 0.3) is 5.91 Å². The number of hydrogen-bond donors (Lipinski definition) is 1. The second-order valence-electron chi connectivity index (χ2n) is 6.71. The third kappa shape index (κ3) is 5.47. The Balaban J connectivity index is 1.68. The van der Waals surface area contributed by atoms with E-state index in [0.717, 1.165) is 42.1 Å². The van der Waals surface area contributed by atoms with Gasteiger partial charge >= 0.3 is 0 Å². The first-order valence-electron chi connectivity index (χ1n) is 9.50. The van der Waals surface area contributed by atoms with Crippen LogP contribution in [0, 0.1) is 6.92 Å². The minimum Gasteiger partial charge on any atom is -0.493 e. The van der Waals surface area contributed by atoms with Crippen molar-refractivity contribution in [2.24, 2.45) is 0 Å². The van der Waals surface area contributed by atoms with Crippen LogP contribution in [0.3, 0.4) is 0 Å². The molecule has 0 radical (unpaired) electrons. The largest absolute Gasteiger partial charge is 0.493 e. The molecule has 1 aliphatic heterocycles. The van der Waals surface area contributed by atoms with Gasteiger partial charge in [-0.2, -0.15) is 0 Å². The van der Waals surface area contributed by atoms with Gasteiger partial charge < -0.3 is 19.5 Å². The van der Waals surface area contributed by atoms with E-state index in [-0.39, 0.29) is 12.0 Å². The van der Waals surface area contributed by atoms with Crippen molar-refractivity contribution in [1.29, 1.82) is 0 Å². The summed E-state index contributed by atoms with van der Waals surface area (Å²) >= 11 is 0. The van der Waals surface area contributed by atoms with Crippen LogP contribution in [0.1, 0.15) is 41.3 Å². The lowest BCUT2D eigenvalue weighted by Crippen LogP contribution is -2.31. The summed E-state index contributed by atoms with van der Waals surface area (Å²) in [6, 6.07) is 13.3. The number of carbonyl (C=O) groups is 1. The Hall–Kier alpha value is -2.53. The van der Waals surface area contributed by atoms with Gasteiger partial charge in [0.05, 0.1) is 12.7 Å². The van der Waals surface area contributed by atoms with E-state index in [0.29, 0.717) is 25.3 Å². The fourth-order valence-corrected chi connectivity index (χ4v) is 3.11. The highest BCUT2D eigenvalue weighted by atomic mass is 16.5. The summed E-state index contributed by atoms with van der Waals surface area (Å²) in [7, 11) is 0. The topological polar surface area (TPSA) is 56.8 Å². The van der Waals surface area contributed by atoms with E-state index < -0.39 is 0 Å². The molecule has 5 heteroatoms. The van der Waals surface area contributed by atoms with Crippen molar-refractivity contribution in [3.63, 3.8) is 0 Å². The van der Waals surface area contributed by atoms with E-state index in [1.54, 1.807) is 6.07 Å². The van der Waals surface area contributed by atoms with Gasteiger partial charge in [0.2, 0.25) is 0 Å². The number of ether oxygens (including phenoxy) is 3. The summed E-state index contributed by atoms with van der Waals surface area (Å²) in [5.41, 5.74) is 2.59. The van der Waals surface area contributed by atoms with Crippen LogP contribution in [0.2, 0.25) is 0 Å². The van der Waals surface area contributed by atoms with Gasteiger partial charge in [0.15, 0.2) is 0 Å². The van der Waals surface area contributed by atoms with Crippen molar-refractivity contribution in [2.45, 2.75) is 39.4 Å². The number of amides is 1.